The molecule has 0 aromatic heterocycles. The second kappa shape index (κ2) is 7.10. The summed E-state index contributed by atoms with van der Waals surface area (Å²) in [5, 5.41) is 8.66. The van der Waals surface area contributed by atoms with E-state index >= 15 is 0 Å². The van der Waals surface area contributed by atoms with Crippen LogP contribution in [0.1, 0.15) is 24.0 Å². The van der Waals surface area contributed by atoms with Crippen LogP contribution in [0.25, 0.3) is 0 Å². The molecular formula is C20H18BrNO4S. The molecule has 0 saturated heterocycles. The van der Waals surface area contributed by atoms with Crippen molar-refractivity contribution in [2.45, 2.75) is 29.9 Å². The molecule has 3 atom stereocenters. The van der Waals surface area contributed by atoms with Gasteiger partial charge in [-0.05, 0) is 43.7 Å². The Balaban J connectivity index is 2.12. The fraction of sp³-hybridized carbons (Fsp3) is 0.300. The first-order valence-electron chi connectivity index (χ1n) is 8.43. The summed E-state index contributed by atoms with van der Waals surface area (Å²) in [5.41, 5.74) is -0.201. The topological polar surface area (TPSA) is 84.2 Å². The Hall–Kier alpha value is -2.17. The van der Waals surface area contributed by atoms with Gasteiger partial charge in [0.15, 0.2) is 15.3 Å². The number of ether oxygens (including phenoxy) is 1. The molecule has 7 heteroatoms. The highest BCUT2D eigenvalue weighted by molar-refractivity contribution is 9.10. The third-order valence-corrected chi connectivity index (χ3v) is 7.61. The Morgan fingerprint density at radius 3 is 2.30 bits per heavy atom. The van der Waals surface area contributed by atoms with Gasteiger partial charge in [-0.2, -0.15) is 5.26 Å². The lowest BCUT2D eigenvalue weighted by molar-refractivity contribution is -0.147. The highest BCUT2D eigenvalue weighted by Crippen LogP contribution is 2.64. The number of aryl methyl sites for hydroxylation is 1. The van der Waals surface area contributed by atoms with Gasteiger partial charge in [-0.3, -0.25) is 4.79 Å². The van der Waals surface area contributed by atoms with Crippen LogP contribution in [-0.2, 0) is 19.4 Å². The predicted molar refractivity (Wildman–Crippen MR) is 104 cm³/mol. The van der Waals surface area contributed by atoms with Crippen molar-refractivity contribution >= 4 is 31.7 Å². The highest BCUT2D eigenvalue weighted by atomic mass is 79.9. The molecule has 27 heavy (non-hydrogen) atoms. The minimum atomic E-state index is -3.91. The summed E-state index contributed by atoms with van der Waals surface area (Å²) < 4.78 is 32.4. The number of nitrogens with zero attached hydrogens (tertiary/aromatic N) is 1. The van der Waals surface area contributed by atoms with E-state index in [0.29, 0.717) is 5.56 Å². The lowest BCUT2D eigenvalue weighted by Gasteiger charge is -2.09. The highest BCUT2D eigenvalue weighted by Gasteiger charge is 2.77. The molecule has 1 fully saturated rings. The molecule has 2 aromatic rings. The van der Waals surface area contributed by atoms with E-state index in [4.69, 9.17) is 4.74 Å². The van der Waals surface area contributed by atoms with Crippen LogP contribution in [-0.4, -0.2) is 26.2 Å². The van der Waals surface area contributed by atoms with Crippen LogP contribution in [0.15, 0.2) is 57.9 Å². The predicted octanol–water partition coefficient (Wildman–Crippen LogP) is 3.77. The lowest BCUT2D eigenvalue weighted by Crippen LogP contribution is -2.25. The summed E-state index contributed by atoms with van der Waals surface area (Å²) in [5.74, 6) is -1.57. The van der Waals surface area contributed by atoms with E-state index in [-0.39, 0.29) is 11.5 Å². The molecule has 1 aliphatic carbocycles. The monoisotopic (exact) mass is 447 g/mol. The van der Waals surface area contributed by atoms with Gasteiger partial charge < -0.3 is 4.74 Å². The Morgan fingerprint density at radius 2 is 1.78 bits per heavy atom. The minimum absolute atomic E-state index is 0.0760. The minimum Gasteiger partial charge on any atom is -0.465 e. The Morgan fingerprint density at radius 1 is 1.19 bits per heavy atom. The van der Waals surface area contributed by atoms with Crippen molar-refractivity contribution in [3.05, 3.63) is 64.1 Å². The average Bonchev–Trinajstić information content (AvgIpc) is 3.34. The third kappa shape index (κ3) is 3.17. The fourth-order valence-electron chi connectivity index (χ4n) is 3.43. The normalized spacial score (nSPS) is 24.1. The van der Waals surface area contributed by atoms with Crippen LogP contribution in [0.3, 0.4) is 0 Å². The maximum absolute atomic E-state index is 13.3. The molecule has 3 rings (SSSR count). The zero-order valence-electron chi connectivity index (χ0n) is 14.8. The molecule has 0 heterocycles. The van der Waals surface area contributed by atoms with Crippen LogP contribution in [0.2, 0.25) is 0 Å². The van der Waals surface area contributed by atoms with E-state index in [0.717, 1.165) is 10.0 Å². The molecule has 0 aliphatic heterocycles. The molecule has 140 valence electrons. The Kier molecular flexibility index (Phi) is 5.15. The molecule has 0 amide bonds. The number of carbonyl (C=O) groups is 1. The van der Waals surface area contributed by atoms with Gasteiger partial charge >= 0.3 is 5.97 Å². The van der Waals surface area contributed by atoms with E-state index < -0.39 is 32.4 Å². The van der Waals surface area contributed by atoms with Gasteiger partial charge in [-0.1, -0.05) is 45.8 Å². The van der Waals surface area contributed by atoms with E-state index in [2.05, 4.69) is 15.9 Å². The second-order valence-electron chi connectivity index (χ2n) is 6.51. The van der Waals surface area contributed by atoms with Crippen molar-refractivity contribution < 1.29 is 17.9 Å². The third-order valence-electron chi connectivity index (χ3n) is 4.84. The van der Waals surface area contributed by atoms with Gasteiger partial charge in [0.2, 0.25) is 0 Å². The largest absolute Gasteiger partial charge is 0.465 e. The summed E-state index contributed by atoms with van der Waals surface area (Å²) in [6.45, 7) is 3.56. The molecule has 2 aromatic carbocycles. The fourth-order valence-corrected chi connectivity index (χ4v) is 5.94. The first kappa shape index (κ1) is 19.6. The average molecular weight is 448 g/mol. The molecule has 1 aliphatic rings. The molecule has 0 radical (unpaired) electrons. The summed E-state index contributed by atoms with van der Waals surface area (Å²) >= 11 is 3.34. The Bertz CT molecular complexity index is 1010. The number of nitriles is 1. The molecule has 0 bridgehead atoms. The van der Waals surface area contributed by atoms with Crippen LogP contribution in [0.5, 0.6) is 0 Å². The van der Waals surface area contributed by atoms with Crippen molar-refractivity contribution in [1.82, 2.24) is 0 Å². The van der Waals surface area contributed by atoms with Gasteiger partial charge in [0.25, 0.3) is 0 Å². The standard InChI is InChI=1S/C20H18BrNO4S/c1-3-26-19(23)20(12-22)17(14-6-8-15(21)9-7-14)18(20)27(24,25)16-10-4-13(2)5-11-16/h4-11,17-18H,3H2,1-2H3/t17-,18-,20-/m1/s1. The van der Waals surface area contributed by atoms with Crippen LogP contribution < -0.4 is 0 Å². The summed E-state index contributed by atoms with van der Waals surface area (Å²) in [6, 6.07) is 15.4. The molecule has 0 unspecified atom stereocenters. The van der Waals surface area contributed by atoms with E-state index in [1.165, 1.54) is 12.1 Å². The maximum atomic E-state index is 13.3. The summed E-state index contributed by atoms with van der Waals surface area (Å²) in [4.78, 5) is 12.7. The SMILES string of the molecule is CCOC(=O)[C@]1(C#N)[C@H](c2ccc(Br)cc2)[C@H]1S(=O)(=O)c1ccc(C)cc1. The molecule has 1 saturated carbocycles. The van der Waals surface area contributed by atoms with Crippen LogP contribution in [0, 0.1) is 23.7 Å². The number of hydrogen-bond donors (Lipinski definition) is 0. The molecule has 0 spiro atoms. The van der Waals surface area contributed by atoms with Crippen molar-refractivity contribution in [3.63, 3.8) is 0 Å². The van der Waals surface area contributed by atoms with Gasteiger partial charge in [-0.15, -0.1) is 0 Å². The lowest BCUT2D eigenvalue weighted by atomic mass is 10.0. The number of sulfone groups is 1. The first-order chi connectivity index (χ1) is 12.8. The maximum Gasteiger partial charge on any atom is 0.328 e. The zero-order chi connectivity index (χ0) is 19.8. The summed E-state index contributed by atoms with van der Waals surface area (Å²) in [6.07, 6.45) is 0. The number of hydrogen-bond acceptors (Lipinski definition) is 5. The Labute approximate surface area is 167 Å². The van der Waals surface area contributed by atoms with Gasteiger partial charge in [0.05, 0.1) is 17.6 Å². The van der Waals surface area contributed by atoms with Crippen LogP contribution in [0.4, 0.5) is 0 Å². The van der Waals surface area contributed by atoms with Crippen molar-refractivity contribution in [3.8, 4) is 6.07 Å². The van der Waals surface area contributed by atoms with E-state index in [1.807, 2.05) is 13.0 Å². The second-order valence-corrected chi connectivity index (χ2v) is 9.49. The number of esters is 1. The van der Waals surface area contributed by atoms with Gasteiger partial charge in [-0.25, -0.2) is 8.42 Å². The number of halogens is 1. The van der Waals surface area contributed by atoms with Gasteiger partial charge in [0, 0.05) is 10.4 Å². The van der Waals surface area contributed by atoms with Crippen molar-refractivity contribution in [2.24, 2.45) is 5.41 Å². The number of benzene rings is 2. The first-order valence-corrected chi connectivity index (χ1v) is 10.8. The van der Waals surface area contributed by atoms with E-state index in [9.17, 15) is 18.5 Å². The number of rotatable bonds is 5. The summed E-state index contributed by atoms with van der Waals surface area (Å²) in [7, 11) is -3.91. The van der Waals surface area contributed by atoms with Gasteiger partial charge in [0.1, 0.15) is 5.25 Å². The van der Waals surface area contributed by atoms with Crippen molar-refractivity contribution in [2.75, 3.05) is 6.61 Å². The zero-order valence-corrected chi connectivity index (χ0v) is 17.2. The molecule has 5 nitrogen and oxygen atoms in total. The quantitative estimate of drug-likeness (QED) is 0.651. The molecular weight excluding hydrogens is 430 g/mol. The van der Waals surface area contributed by atoms with Crippen LogP contribution >= 0.6 is 15.9 Å². The smallest absolute Gasteiger partial charge is 0.328 e. The number of carbonyl (C=O) groups excluding carboxylic acids is 1. The van der Waals surface area contributed by atoms with E-state index in [1.54, 1.807) is 43.3 Å². The van der Waals surface area contributed by atoms with Crippen molar-refractivity contribution in [1.29, 1.82) is 5.26 Å². The molecule has 0 N–H and O–H groups in total.